The minimum Gasteiger partial charge on any atom is -0.316 e. The number of nitrogens with zero attached hydrogens (tertiary/aromatic N) is 3. The summed E-state index contributed by atoms with van der Waals surface area (Å²) in [5, 5.41) is 3.48. The number of fused-ring (bicyclic) bond motifs is 4. The molecule has 0 saturated carbocycles. The molecule has 2 aromatic rings. The highest BCUT2D eigenvalue weighted by atomic mass is 35.5. The fraction of sp³-hybridized carbons (Fsp3) is 0.471. The molecule has 5 nitrogen and oxygen atoms in total. The molecule has 0 aliphatic carbocycles. The summed E-state index contributed by atoms with van der Waals surface area (Å²) in [7, 11) is 0. The summed E-state index contributed by atoms with van der Waals surface area (Å²) in [5.41, 5.74) is 4.70. The largest absolute Gasteiger partial charge is 0.316 e. The summed E-state index contributed by atoms with van der Waals surface area (Å²) in [6.45, 7) is 6.68. The van der Waals surface area contributed by atoms with Gasteiger partial charge in [0.15, 0.2) is 0 Å². The van der Waals surface area contributed by atoms with Gasteiger partial charge in [-0.15, -0.1) is 12.4 Å². The first kappa shape index (κ1) is 16.1. The number of aromatic nitrogens is 3. The lowest BCUT2D eigenvalue weighted by Gasteiger charge is -2.37. The topological polar surface area (TPSA) is 59.8 Å². The van der Waals surface area contributed by atoms with E-state index in [4.69, 9.17) is 0 Å². The van der Waals surface area contributed by atoms with Gasteiger partial charge in [-0.3, -0.25) is 9.78 Å². The molecule has 0 unspecified atom stereocenters. The molecule has 1 fully saturated rings. The van der Waals surface area contributed by atoms with Crippen molar-refractivity contribution in [2.45, 2.75) is 32.7 Å². The predicted molar refractivity (Wildman–Crippen MR) is 92.2 cm³/mol. The molecular weight excluding hydrogens is 312 g/mol. The van der Waals surface area contributed by atoms with Gasteiger partial charge in [0.05, 0.1) is 17.1 Å². The monoisotopic (exact) mass is 332 g/mol. The Morgan fingerprint density at radius 2 is 2.09 bits per heavy atom. The minimum absolute atomic E-state index is 0. The lowest BCUT2D eigenvalue weighted by molar-refractivity contribution is 0.257. The van der Waals surface area contributed by atoms with Gasteiger partial charge in [0, 0.05) is 42.5 Å². The molecule has 0 amide bonds. The zero-order chi connectivity index (χ0) is 15.3. The highest BCUT2D eigenvalue weighted by Gasteiger charge is 2.31. The fourth-order valence-corrected chi connectivity index (χ4v) is 3.75. The van der Waals surface area contributed by atoms with Crippen LogP contribution in [0.4, 0.5) is 0 Å². The molecule has 4 heterocycles. The van der Waals surface area contributed by atoms with Gasteiger partial charge in [0.2, 0.25) is 0 Å². The molecule has 1 N–H and O–H groups in total. The highest BCUT2D eigenvalue weighted by Crippen LogP contribution is 2.33. The third-order valence-electron chi connectivity index (χ3n) is 4.81. The Kier molecular flexibility index (Phi) is 4.25. The lowest BCUT2D eigenvalue weighted by atomic mass is 9.83. The minimum atomic E-state index is 0. The van der Waals surface area contributed by atoms with Crippen LogP contribution in [0.25, 0.3) is 11.3 Å². The second kappa shape index (κ2) is 6.06. The number of piperidine rings is 1. The van der Waals surface area contributed by atoms with Crippen molar-refractivity contribution >= 4 is 12.4 Å². The van der Waals surface area contributed by atoms with Gasteiger partial charge < -0.3 is 9.88 Å². The molecule has 2 aliphatic rings. The van der Waals surface area contributed by atoms with Crippen molar-refractivity contribution in [1.29, 1.82) is 0 Å². The zero-order valence-electron chi connectivity index (χ0n) is 13.4. The number of hydrogen-bond acceptors (Lipinski definition) is 4. The third kappa shape index (κ3) is 2.79. The van der Waals surface area contributed by atoms with Crippen LogP contribution >= 0.6 is 12.4 Å². The molecule has 2 aromatic heterocycles. The maximum Gasteiger partial charge on any atom is 0.251 e. The average Bonchev–Trinajstić information content (AvgIpc) is 2.51. The van der Waals surface area contributed by atoms with E-state index in [1.807, 2.05) is 18.4 Å². The van der Waals surface area contributed by atoms with Gasteiger partial charge in [0.25, 0.3) is 5.56 Å². The Morgan fingerprint density at radius 3 is 2.91 bits per heavy atom. The van der Waals surface area contributed by atoms with Crippen LogP contribution in [0.2, 0.25) is 0 Å². The smallest absolute Gasteiger partial charge is 0.251 e. The van der Waals surface area contributed by atoms with E-state index in [9.17, 15) is 4.79 Å². The molecule has 1 saturated heterocycles. The SMILES string of the molecule is Cc1cnc(C)c(-c2cc3n(c(=O)c2)C[C@@H]2CNC[C@H]3C2)n1.Cl. The Hall–Kier alpha value is -1.72. The Bertz CT molecular complexity index is 802. The van der Waals surface area contributed by atoms with Crippen LogP contribution in [0.3, 0.4) is 0 Å². The number of pyridine rings is 1. The molecule has 0 aromatic carbocycles. The number of rotatable bonds is 1. The molecule has 0 spiro atoms. The van der Waals surface area contributed by atoms with Crippen molar-refractivity contribution in [3.8, 4) is 11.3 Å². The number of halogens is 1. The van der Waals surface area contributed by atoms with E-state index in [0.29, 0.717) is 11.8 Å². The second-order valence-corrected chi connectivity index (χ2v) is 6.52. The number of aryl methyl sites for hydroxylation is 2. The third-order valence-corrected chi connectivity index (χ3v) is 4.81. The molecule has 122 valence electrons. The quantitative estimate of drug-likeness (QED) is 0.868. The summed E-state index contributed by atoms with van der Waals surface area (Å²) >= 11 is 0. The van der Waals surface area contributed by atoms with Gasteiger partial charge in [-0.2, -0.15) is 0 Å². The molecule has 23 heavy (non-hydrogen) atoms. The highest BCUT2D eigenvalue weighted by molar-refractivity contribution is 5.85. The van der Waals surface area contributed by atoms with Gasteiger partial charge in [0.1, 0.15) is 0 Å². The first-order valence-electron chi connectivity index (χ1n) is 7.88. The zero-order valence-corrected chi connectivity index (χ0v) is 14.2. The van der Waals surface area contributed by atoms with Crippen LogP contribution in [0.15, 0.2) is 23.1 Å². The Labute approximate surface area is 141 Å². The van der Waals surface area contributed by atoms with E-state index in [1.165, 1.54) is 6.42 Å². The van der Waals surface area contributed by atoms with Crippen LogP contribution in [0.5, 0.6) is 0 Å². The van der Waals surface area contributed by atoms with Gasteiger partial charge >= 0.3 is 0 Å². The average molecular weight is 333 g/mol. The first-order chi connectivity index (χ1) is 10.6. The first-order valence-corrected chi connectivity index (χ1v) is 7.88. The summed E-state index contributed by atoms with van der Waals surface area (Å²) < 4.78 is 1.96. The summed E-state index contributed by atoms with van der Waals surface area (Å²) in [5.74, 6) is 1.01. The van der Waals surface area contributed by atoms with E-state index in [1.54, 1.807) is 12.3 Å². The Morgan fingerprint density at radius 1 is 1.26 bits per heavy atom. The Balaban J connectivity index is 0.00000156. The van der Waals surface area contributed by atoms with Crippen molar-refractivity contribution in [3.05, 3.63) is 45.8 Å². The summed E-state index contributed by atoms with van der Waals surface area (Å²) in [4.78, 5) is 21.5. The second-order valence-electron chi connectivity index (χ2n) is 6.52. The van der Waals surface area contributed by atoms with E-state index in [0.717, 1.165) is 48.0 Å². The summed E-state index contributed by atoms with van der Waals surface area (Å²) in [6, 6.07) is 3.86. The van der Waals surface area contributed by atoms with Crippen LogP contribution in [-0.2, 0) is 6.54 Å². The van der Waals surface area contributed by atoms with Crippen LogP contribution in [-0.4, -0.2) is 27.6 Å². The molecule has 4 rings (SSSR count). The van der Waals surface area contributed by atoms with Gasteiger partial charge in [-0.25, -0.2) is 4.98 Å². The van der Waals surface area contributed by atoms with E-state index in [2.05, 4.69) is 21.4 Å². The van der Waals surface area contributed by atoms with Gasteiger partial charge in [-0.1, -0.05) is 0 Å². The lowest BCUT2D eigenvalue weighted by Crippen LogP contribution is -2.44. The normalized spacial score (nSPS) is 22.2. The van der Waals surface area contributed by atoms with Crippen LogP contribution in [0, 0.1) is 19.8 Å². The van der Waals surface area contributed by atoms with E-state index >= 15 is 0 Å². The maximum atomic E-state index is 12.6. The summed E-state index contributed by atoms with van der Waals surface area (Å²) in [6.07, 6.45) is 2.94. The van der Waals surface area contributed by atoms with Crippen molar-refractivity contribution < 1.29 is 0 Å². The van der Waals surface area contributed by atoms with Crippen LogP contribution in [0.1, 0.15) is 29.4 Å². The molecule has 2 bridgehead atoms. The number of hydrogen-bond donors (Lipinski definition) is 1. The molecular formula is C17H21ClN4O. The molecule has 6 heteroatoms. The standard InChI is InChI=1S/C17H20N4O.ClH/c1-10-6-19-11(2)17(20-10)13-4-15-14-3-12(7-18-8-14)9-21(15)16(22)5-13;/h4-6,12,14,18H,3,7-9H2,1-2H3;1H/t12-,14+;/m0./s1. The molecule has 2 atom stereocenters. The fourth-order valence-electron chi connectivity index (χ4n) is 3.75. The molecule has 2 aliphatic heterocycles. The maximum absolute atomic E-state index is 12.6. The van der Waals surface area contributed by atoms with E-state index in [-0.39, 0.29) is 18.0 Å². The van der Waals surface area contributed by atoms with Crippen molar-refractivity contribution in [2.24, 2.45) is 5.92 Å². The predicted octanol–water partition coefficient (Wildman–Crippen LogP) is 2.05. The van der Waals surface area contributed by atoms with Crippen LogP contribution < -0.4 is 10.9 Å². The molecule has 0 radical (unpaired) electrons. The van der Waals surface area contributed by atoms with Crippen molar-refractivity contribution in [1.82, 2.24) is 19.9 Å². The van der Waals surface area contributed by atoms with E-state index < -0.39 is 0 Å². The number of nitrogens with one attached hydrogen (secondary N) is 1. The van der Waals surface area contributed by atoms with Crippen molar-refractivity contribution in [2.75, 3.05) is 13.1 Å². The van der Waals surface area contributed by atoms with Gasteiger partial charge in [-0.05, 0) is 38.8 Å². The van der Waals surface area contributed by atoms with Crippen molar-refractivity contribution in [3.63, 3.8) is 0 Å².